The van der Waals surface area contributed by atoms with Gasteiger partial charge in [-0.1, -0.05) is 24.3 Å². The average molecular weight is 263 g/mol. The highest BCUT2D eigenvalue weighted by atomic mass is 16.5. The lowest BCUT2D eigenvalue weighted by Gasteiger charge is -2.27. The molecule has 0 radical (unpaired) electrons. The monoisotopic (exact) mass is 263 g/mol. The van der Waals surface area contributed by atoms with Crippen LogP contribution in [0.25, 0.3) is 0 Å². The SMILES string of the molecule is CC(C)OCC(O)CN(C)C1CCc2ccccc21. The zero-order valence-electron chi connectivity index (χ0n) is 12.2. The van der Waals surface area contributed by atoms with Crippen molar-refractivity contribution in [2.75, 3.05) is 20.2 Å². The van der Waals surface area contributed by atoms with Crippen molar-refractivity contribution in [3.8, 4) is 0 Å². The van der Waals surface area contributed by atoms with Crippen LogP contribution in [-0.2, 0) is 11.2 Å². The van der Waals surface area contributed by atoms with E-state index in [1.165, 1.54) is 11.1 Å². The fourth-order valence-electron chi connectivity index (χ4n) is 2.81. The maximum atomic E-state index is 10.0. The van der Waals surface area contributed by atoms with Gasteiger partial charge in [-0.15, -0.1) is 0 Å². The number of aryl methyl sites for hydroxylation is 1. The van der Waals surface area contributed by atoms with Gasteiger partial charge in [0.1, 0.15) is 0 Å². The lowest BCUT2D eigenvalue weighted by Crippen LogP contribution is -2.34. The van der Waals surface area contributed by atoms with Crippen LogP contribution in [0.15, 0.2) is 24.3 Å². The van der Waals surface area contributed by atoms with Crippen LogP contribution in [0, 0.1) is 0 Å². The van der Waals surface area contributed by atoms with Gasteiger partial charge < -0.3 is 9.84 Å². The Morgan fingerprint density at radius 2 is 2.11 bits per heavy atom. The largest absolute Gasteiger partial charge is 0.389 e. The summed E-state index contributed by atoms with van der Waals surface area (Å²) in [6.07, 6.45) is 2.05. The molecular formula is C16H25NO2. The van der Waals surface area contributed by atoms with E-state index in [0.29, 0.717) is 19.2 Å². The molecule has 2 unspecified atom stereocenters. The number of hydrogen-bond donors (Lipinski definition) is 1. The van der Waals surface area contributed by atoms with Crippen LogP contribution in [0.5, 0.6) is 0 Å². The van der Waals surface area contributed by atoms with Crippen LogP contribution in [0.3, 0.4) is 0 Å². The number of aliphatic hydroxyl groups excluding tert-OH is 1. The summed E-state index contributed by atoms with van der Waals surface area (Å²) in [4.78, 5) is 2.25. The van der Waals surface area contributed by atoms with Crippen molar-refractivity contribution in [3.05, 3.63) is 35.4 Å². The van der Waals surface area contributed by atoms with E-state index in [9.17, 15) is 5.11 Å². The molecule has 2 rings (SSSR count). The van der Waals surface area contributed by atoms with E-state index in [0.717, 1.165) is 12.8 Å². The van der Waals surface area contributed by atoms with E-state index in [4.69, 9.17) is 4.74 Å². The Labute approximate surface area is 116 Å². The van der Waals surface area contributed by atoms with E-state index in [-0.39, 0.29) is 6.10 Å². The van der Waals surface area contributed by atoms with Crippen LogP contribution in [0.2, 0.25) is 0 Å². The minimum Gasteiger partial charge on any atom is -0.389 e. The molecule has 1 aliphatic carbocycles. The normalized spacial score (nSPS) is 20.0. The summed E-state index contributed by atoms with van der Waals surface area (Å²) in [6, 6.07) is 9.06. The van der Waals surface area contributed by atoms with Gasteiger partial charge in [-0.25, -0.2) is 0 Å². The maximum Gasteiger partial charge on any atom is 0.0900 e. The highest BCUT2D eigenvalue weighted by Gasteiger charge is 2.26. The van der Waals surface area contributed by atoms with Crippen molar-refractivity contribution in [3.63, 3.8) is 0 Å². The molecule has 1 N–H and O–H groups in total. The summed E-state index contributed by atoms with van der Waals surface area (Å²) >= 11 is 0. The Morgan fingerprint density at radius 1 is 1.37 bits per heavy atom. The van der Waals surface area contributed by atoms with E-state index in [1.807, 2.05) is 13.8 Å². The molecule has 3 heteroatoms. The molecule has 0 aromatic heterocycles. The second-order valence-corrected chi connectivity index (χ2v) is 5.73. The van der Waals surface area contributed by atoms with Gasteiger partial charge in [0.2, 0.25) is 0 Å². The second kappa shape index (κ2) is 6.51. The summed E-state index contributed by atoms with van der Waals surface area (Å²) in [7, 11) is 2.09. The highest BCUT2D eigenvalue weighted by Crippen LogP contribution is 2.34. The number of rotatable bonds is 6. The van der Waals surface area contributed by atoms with Gasteiger partial charge in [0.15, 0.2) is 0 Å². The average Bonchev–Trinajstić information content (AvgIpc) is 2.80. The van der Waals surface area contributed by atoms with Crippen molar-refractivity contribution in [2.45, 2.75) is 44.9 Å². The predicted octanol–water partition coefficient (Wildman–Crippen LogP) is 2.39. The van der Waals surface area contributed by atoms with Crippen LogP contribution < -0.4 is 0 Å². The van der Waals surface area contributed by atoms with Gasteiger partial charge in [0.25, 0.3) is 0 Å². The topological polar surface area (TPSA) is 32.7 Å². The summed E-state index contributed by atoms with van der Waals surface area (Å²) in [5.41, 5.74) is 2.87. The zero-order chi connectivity index (χ0) is 13.8. The molecule has 0 saturated carbocycles. The fourth-order valence-corrected chi connectivity index (χ4v) is 2.81. The molecule has 0 aliphatic heterocycles. The van der Waals surface area contributed by atoms with E-state index in [1.54, 1.807) is 0 Å². The third-order valence-corrected chi connectivity index (χ3v) is 3.75. The standard InChI is InChI=1S/C16H25NO2/c1-12(2)19-11-14(18)10-17(3)16-9-8-13-6-4-5-7-15(13)16/h4-7,12,14,16,18H,8-11H2,1-3H3. The predicted molar refractivity (Wildman–Crippen MR) is 77.2 cm³/mol. The van der Waals surface area contributed by atoms with Crippen LogP contribution in [0.1, 0.15) is 37.4 Å². The number of aliphatic hydroxyl groups is 1. The molecule has 1 aromatic rings. The number of nitrogens with zero attached hydrogens (tertiary/aromatic N) is 1. The van der Waals surface area contributed by atoms with E-state index < -0.39 is 6.10 Å². The summed E-state index contributed by atoms with van der Waals surface area (Å²) in [6.45, 7) is 5.05. The summed E-state index contributed by atoms with van der Waals surface area (Å²) in [5.74, 6) is 0. The first-order chi connectivity index (χ1) is 9.08. The minimum atomic E-state index is -0.417. The van der Waals surface area contributed by atoms with Crippen molar-refractivity contribution in [2.24, 2.45) is 0 Å². The molecule has 106 valence electrons. The fraction of sp³-hybridized carbons (Fsp3) is 0.625. The molecule has 19 heavy (non-hydrogen) atoms. The van der Waals surface area contributed by atoms with E-state index in [2.05, 4.69) is 36.2 Å². The molecule has 0 spiro atoms. The van der Waals surface area contributed by atoms with Gasteiger partial charge >= 0.3 is 0 Å². The Bertz CT molecular complexity index is 405. The molecule has 0 heterocycles. The molecule has 2 atom stereocenters. The minimum absolute atomic E-state index is 0.173. The van der Waals surface area contributed by atoms with Gasteiger partial charge in [-0.3, -0.25) is 4.90 Å². The number of ether oxygens (including phenoxy) is 1. The number of fused-ring (bicyclic) bond motifs is 1. The maximum absolute atomic E-state index is 10.0. The lowest BCUT2D eigenvalue weighted by molar-refractivity contribution is -0.0103. The molecule has 0 amide bonds. The van der Waals surface area contributed by atoms with Crippen LogP contribution in [-0.4, -0.2) is 42.4 Å². The first-order valence-corrected chi connectivity index (χ1v) is 7.15. The van der Waals surface area contributed by atoms with Crippen molar-refractivity contribution in [1.82, 2.24) is 4.90 Å². The molecular weight excluding hydrogens is 238 g/mol. The van der Waals surface area contributed by atoms with Crippen molar-refractivity contribution < 1.29 is 9.84 Å². The smallest absolute Gasteiger partial charge is 0.0900 e. The molecule has 0 bridgehead atoms. The number of likely N-dealkylation sites (N-methyl/N-ethyl adjacent to an activating group) is 1. The quantitative estimate of drug-likeness (QED) is 0.855. The Balaban J connectivity index is 1.89. The molecule has 0 fully saturated rings. The number of benzene rings is 1. The first kappa shape index (κ1) is 14.5. The molecule has 1 aliphatic rings. The zero-order valence-corrected chi connectivity index (χ0v) is 12.2. The molecule has 3 nitrogen and oxygen atoms in total. The van der Waals surface area contributed by atoms with Crippen molar-refractivity contribution in [1.29, 1.82) is 0 Å². The molecule has 0 saturated heterocycles. The Hall–Kier alpha value is -0.900. The third-order valence-electron chi connectivity index (χ3n) is 3.75. The Morgan fingerprint density at radius 3 is 2.84 bits per heavy atom. The van der Waals surface area contributed by atoms with Crippen LogP contribution >= 0.6 is 0 Å². The second-order valence-electron chi connectivity index (χ2n) is 5.73. The van der Waals surface area contributed by atoms with E-state index >= 15 is 0 Å². The van der Waals surface area contributed by atoms with Crippen molar-refractivity contribution >= 4 is 0 Å². The van der Waals surface area contributed by atoms with Gasteiger partial charge in [-0.2, -0.15) is 0 Å². The number of hydrogen-bond acceptors (Lipinski definition) is 3. The summed E-state index contributed by atoms with van der Waals surface area (Å²) in [5, 5.41) is 10.0. The Kier molecular flexibility index (Phi) is 4.97. The highest BCUT2D eigenvalue weighted by molar-refractivity contribution is 5.34. The molecule has 1 aromatic carbocycles. The van der Waals surface area contributed by atoms with Gasteiger partial charge in [0.05, 0.1) is 18.8 Å². The third kappa shape index (κ3) is 3.78. The first-order valence-electron chi connectivity index (χ1n) is 7.15. The van der Waals surface area contributed by atoms with Gasteiger partial charge in [0, 0.05) is 12.6 Å². The summed E-state index contributed by atoms with van der Waals surface area (Å²) < 4.78 is 5.46. The lowest BCUT2D eigenvalue weighted by atomic mass is 10.1. The van der Waals surface area contributed by atoms with Crippen LogP contribution in [0.4, 0.5) is 0 Å². The van der Waals surface area contributed by atoms with Gasteiger partial charge in [-0.05, 0) is 44.9 Å².